The number of halogens is 3. The molecular weight excluding hydrogens is 234 g/mol. The summed E-state index contributed by atoms with van der Waals surface area (Å²) in [6, 6.07) is 5.09. The second-order valence-corrected chi connectivity index (χ2v) is 4.68. The third-order valence-electron chi connectivity index (χ3n) is 3.15. The van der Waals surface area contributed by atoms with Gasteiger partial charge in [-0.05, 0) is 12.1 Å². The SMILES string of the molecule is NC1(c2c[nH]c3cc(Cl)ccc23)CC1(F)F. The van der Waals surface area contributed by atoms with Crippen LogP contribution in [-0.4, -0.2) is 10.9 Å². The first-order chi connectivity index (χ1) is 7.44. The molecule has 16 heavy (non-hydrogen) atoms. The van der Waals surface area contributed by atoms with Crippen LogP contribution in [0.1, 0.15) is 12.0 Å². The lowest BCUT2D eigenvalue weighted by molar-refractivity contribution is 0.0894. The van der Waals surface area contributed by atoms with Gasteiger partial charge in [-0.15, -0.1) is 0 Å². The van der Waals surface area contributed by atoms with Crippen LogP contribution in [0.3, 0.4) is 0 Å². The maximum absolute atomic E-state index is 13.2. The summed E-state index contributed by atoms with van der Waals surface area (Å²) < 4.78 is 26.4. The monoisotopic (exact) mass is 242 g/mol. The van der Waals surface area contributed by atoms with E-state index >= 15 is 0 Å². The summed E-state index contributed by atoms with van der Waals surface area (Å²) >= 11 is 5.81. The number of rotatable bonds is 1. The topological polar surface area (TPSA) is 41.8 Å². The Morgan fingerprint density at radius 1 is 1.38 bits per heavy atom. The summed E-state index contributed by atoms with van der Waals surface area (Å²) in [4.78, 5) is 2.92. The highest BCUT2D eigenvalue weighted by atomic mass is 35.5. The predicted octanol–water partition coefficient (Wildman–Crippen LogP) is 3.01. The summed E-state index contributed by atoms with van der Waals surface area (Å²) in [7, 11) is 0. The third-order valence-corrected chi connectivity index (χ3v) is 3.39. The standard InChI is InChI=1S/C11H9ClF2N2/c12-6-1-2-7-8(4-16-9(7)3-6)10(15)5-11(10,13)14/h1-4,16H,5,15H2. The van der Waals surface area contributed by atoms with E-state index in [2.05, 4.69) is 4.98 Å². The van der Waals surface area contributed by atoms with Gasteiger partial charge in [-0.1, -0.05) is 17.7 Å². The Morgan fingerprint density at radius 3 is 2.69 bits per heavy atom. The van der Waals surface area contributed by atoms with Gasteiger partial charge in [0.25, 0.3) is 5.92 Å². The van der Waals surface area contributed by atoms with Crippen LogP contribution in [-0.2, 0) is 5.54 Å². The van der Waals surface area contributed by atoms with Crippen LogP contribution >= 0.6 is 11.6 Å². The van der Waals surface area contributed by atoms with E-state index in [1.165, 1.54) is 0 Å². The molecule has 2 aromatic rings. The molecule has 1 aliphatic carbocycles. The molecule has 0 bridgehead atoms. The number of nitrogens with two attached hydrogens (primary N) is 1. The van der Waals surface area contributed by atoms with E-state index in [9.17, 15) is 8.78 Å². The Balaban J connectivity index is 2.20. The lowest BCUT2D eigenvalue weighted by Gasteiger charge is -2.08. The summed E-state index contributed by atoms with van der Waals surface area (Å²) in [6.45, 7) is 0. The van der Waals surface area contributed by atoms with Crippen molar-refractivity contribution in [3.63, 3.8) is 0 Å². The predicted molar refractivity (Wildman–Crippen MR) is 58.7 cm³/mol. The molecule has 1 heterocycles. The number of alkyl halides is 2. The summed E-state index contributed by atoms with van der Waals surface area (Å²) in [5.41, 5.74) is 5.37. The zero-order valence-corrected chi connectivity index (χ0v) is 8.98. The van der Waals surface area contributed by atoms with Crippen LogP contribution in [0.15, 0.2) is 24.4 Å². The molecule has 84 valence electrons. The number of aromatic nitrogens is 1. The van der Waals surface area contributed by atoms with E-state index in [0.29, 0.717) is 16.0 Å². The molecule has 0 aliphatic heterocycles. The van der Waals surface area contributed by atoms with Crippen LogP contribution in [0.4, 0.5) is 8.78 Å². The van der Waals surface area contributed by atoms with Gasteiger partial charge in [0, 0.05) is 34.1 Å². The van der Waals surface area contributed by atoms with E-state index in [-0.39, 0.29) is 6.42 Å². The van der Waals surface area contributed by atoms with Crippen molar-refractivity contribution in [2.75, 3.05) is 0 Å². The van der Waals surface area contributed by atoms with E-state index in [1.807, 2.05) is 0 Å². The fourth-order valence-corrected chi connectivity index (χ4v) is 2.24. The van der Waals surface area contributed by atoms with Crippen molar-refractivity contribution >= 4 is 22.5 Å². The molecule has 0 radical (unpaired) electrons. The number of fused-ring (bicyclic) bond motifs is 1. The molecular formula is C11H9ClF2N2. The molecule has 2 nitrogen and oxygen atoms in total. The Morgan fingerprint density at radius 2 is 2.06 bits per heavy atom. The number of aromatic amines is 1. The molecule has 1 atom stereocenters. The van der Waals surface area contributed by atoms with Crippen molar-refractivity contribution in [2.45, 2.75) is 17.9 Å². The zero-order chi connectivity index (χ0) is 11.6. The van der Waals surface area contributed by atoms with Gasteiger partial charge in [-0.25, -0.2) is 8.78 Å². The van der Waals surface area contributed by atoms with Gasteiger partial charge >= 0.3 is 0 Å². The summed E-state index contributed by atoms with van der Waals surface area (Å²) in [5.74, 6) is -2.80. The molecule has 1 saturated carbocycles. The molecule has 0 saturated heterocycles. The fraction of sp³-hybridized carbons (Fsp3) is 0.273. The Labute approximate surface area is 95.4 Å². The number of hydrogen-bond donors (Lipinski definition) is 2. The second-order valence-electron chi connectivity index (χ2n) is 4.24. The lowest BCUT2D eigenvalue weighted by atomic mass is 10.0. The van der Waals surface area contributed by atoms with Crippen molar-refractivity contribution < 1.29 is 8.78 Å². The summed E-state index contributed by atoms with van der Waals surface area (Å²) in [6.07, 6.45) is 1.25. The van der Waals surface area contributed by atoms with Gasteiger partial charge in [0.2, 0.25) is 0 Å². The highest BCUT2D eigenvalue weighted by Gasteiger charge is 2.70. The smallest absolute Gasteiger partial charge is 0.272 e. The largest absolute Gasteiger partial charge is 0.361 e. The Bertz CT molecular complexity index is 578. The molecule has 1 aliphatic rings. The minimum absolute atomic E-state index is 0.296. The zero-order valence-electron chi connectivity index (χ0n) is 8.23. The van der Waals surface area contributed by atoms with Crippen LogP contribution in [0.2, 0.25) is 5.02 Å². The quantitative estimate of drug-likeness (QED) is 0.793. The average Bonchev–Trinajstić information content (AvgIpc) is 2.60. The first-order valence-corrected chi connectivity index (χ1v) is 5.26. The molecule has 0 amide bonds. The highest BCUT2D eigenvalue weighted by Crippen LogP contribution is 2.58. The van der Waals surface area contributed by atoms with Crippen LogP contribution < -0.4 is 5.73 Å². The fourth-order valence-electron chi connectivity index (χ4n) is 2.07. The van der Waals surface area contributed by atoms with E-state index in [0.717, 1.165) is 5.52 Å². The van der Waals surface area contributed by atoms with Crippen molar-refractivity contribution in [2.24, 2.45) is 5.73 Å². The van der Waals surface area contributed by atoms with Crippen LogP contribution in [0.25, 0.3) is 10.9 Å². The maximum Gasteiger partial charge on any atom is 0.272 e. The highest BCUT2D eigenvalue weighted by molar-refractivity contribution is 6.31. The lowest BCUT2D eigenvalue weighted by Crippen LogP contribution is -2.26. The Hall–Kier alpha value is -1.13. The third kappa shape index (κ3) is 1.14. The minimum Gasteiger partial charge on any atom is -0.361 e. The van der Waals surface area contributed by atoms with Gasteiger partial charge in [-0.3, -0.25) is 0 Å². The molecule has 1 fully saturated rings. The number of benzene rings is 1. The molecule has 5 heteroatoms. The van der Waals surface area contributed by atoms with E-state index in [4.69, 9.17) is 17.3 Å². The number of H-pyrrole nitrogens is 1. The van der Waals surface area contributed by atoms with E-state index in [1.54, 1.807) is 24.4 Å². The van der Waals surface area contributed by atoms with Crippen molar-refractivity contribution in [1.82, 2.24) is 4.98 Å². The second kappa shape index (κ2) is 2.76. The molecule has 1 unspecified atom stereocenters. The number of hydrogen-bond acceptors (Lipinski definition) is 1. The van der Waals surface area contributed by atoms with Crippen molar-refractivity contribution in [1.29, 1.82) is 0 Å². The van der Waals surface area contributed by atoms with Gasteiger partial charge in [0.05, 0.1) is 0 Å². The maximum atomic E-state index is 13.2. The van der Waals surface area contributed by atoms with Crippen molar-refractivity contribution in [3.8, 4) is 0 Å². The minimum atomic E-state index is -2.80. The molecule has 1 aromatic heterocycles. The first-order valence-electron chi connectivity index (χ1n) is 4.88. The van der Waals surface area contributed by atoms with Crippen LogP contribution in [0.5, 0.6) is 0 Å². The molecule has 3 N–H and O–H groups in total. The van der Waals surface area contributed by atoms with E-state index < -0.39 is 11.5 Å². The normalized spacial score (nSPS) is 27.2. The summed E-state index contributed by atoms with van der Waals surface area (Å²) in [5, 5.41) is 1.28. The van der Waals surface area contributed by atoms with Crippen LogP contribution in [0, 0.1) is 0 Å². The average molecular weight is 243 g/mol. The van der Waals surface area contributed by atoms with Crippen molar-refractivity contribution in [3.05, 3.63) is 35.0 Å². The van der Waals surface area contributed by atoms with Gasteiger partial charge in [0.15, 0.2) is 0 Å². The molecule has 3 rings (SSSR count). The molecule has 0 spiro atoms. The van der Waals surface area contributed by atoms with Gasteiger partial charge < -0.3 is 10.7 Å². The Kier molecular flexibility index (Phi) is 1.73. The molecule has 1 aromatic carbocycles. The van der Waals surface area contributed by atoms with Gasteiger partial charge in [-0.2, -0.15) is 0 Å². The van der Waals surface area contributed by atoms with Gasteiger partial charge in [0.1, 0.15) is 5.54 Å². The first kappa shape index (κ1) is 10.1. The number of nitrogens with one attached hydrogen (secondary N) is 1.